The molecule has 43 heavy (non-hydrogen) atoms. The lowest BCUT2D eigenvalue weighted by Gasteiger charge is -2.17. The Hall–Kier alpha value is -2.36. The molecule has 0 radical (unpaired) electrons. The van der Waals surface area contributed by atoms with Crippen molar-refractivity contribution >= 4 is 11.9 Å². The minimum Gasteiger partial charge on any atom is -0.481 e. The van der Waals surface area contributed by atoms with Crippen molar-refractivity contribution in [2.75, 3.05) is 0 Å². The molecule has 0 aliphatic carbocycles. The van der Waals surface area contributed by atoms with Gasteiger partial charge in [0.2, 0.25) is 0 Å². The molecule has 0 saturated carbocycles. The van der Waals surface area contributed by atoms with Crippen molar-refractivity contribution in [1.82, 2.24) is 0 Å². The van der Waals surface area contributed by atoms with Crippen LogP contribution in [-0.2, 0) is 14.3 Å². The highest BCUT2D eigenvalue weighted by atomic mass is 16.5. The molecule has 0 aromatic heterocycles. The number of carboxylic acid groups (broad SMARTS) is 1. The Kier molecular flexibility index (Phi) is 32.3. The molecule has 4 nitrogen and oxygen atoms in total. The van der Waals surface area contributed by atoms with Crippen molar-refractivity contribution in [3.05, 3.63) is 60.8 Å². The minimum absolute atomic E-state index is 0.0628. The number of esters is 1. The van der Waals surface area contributed by atoms with Gasteiger partial charge in [0.25, 0.3) is 0 Å². The van der Waals surface area contributed by atoms with Gasteiger partial charge < -0.3 is 9.84 Å². The Balaban J connectivity index is 3.80. The van der Waals surface area contributed by atoms with Gasteiger partial charge in [-0.25, -0.2) is 0 Å². The first kappa shape index (κ1) is 40.6. The summed E-state index contributed by atoms with van der Waals surface area (Å²) in [4.78, 5) is 23.4. The largest absolute Gasteiger partial charge is 0.481 e. The molecule has 4 heteroatoms. The monoisotopic (exact) mass is 598 g/mol. The van der Waals surface area contributed by atoms with Crippen LogP contribution in [0.5, 0.6) is 0 Å². The summed E-state index contributed by atoms with van der Waals surface area (Å²) in [7, 11) is 0. The van der Waals surface area contributed by atoms with Gasteiger partial charge in [0.05, 0.1) is 0 Å². The average molecular weight is 599 g/mol. The van der Waals surface area contributed by atoms with E-state index >= 15 is 0 Å². The smallest absolute Gasteiger partial charge is 0.306 e. The number of aliphatic carboxylic acids is 1. The normalized spacial score (nSPS) is 13.0. The Labute approximate surface area is 265 Å². The molecule has 0 spiro atoms. The van der Waals surface area contributed by atoms with E-state index in [1.165, 1.54) is 57.8 Å². The van der Waals surface area contributed by atoms with Gasteiger partial charge in [-0.2, -0.15) is 0 Å². The Morgan fingerprint density at radius 2 is 1.00 bits per heavy atom. The van der Waals surface area contributed by atoms with Crippen LogP contribution in [0.2, 0.25) is 0 Å². The van der Waals surface area contributed by atoms with Gasteiger partial charge in [-0.15, -0.1) is 0 Å². The maximum Gasteiger partial charge on any atom is 0.306 e. The Morgan fingerprint density at radius 3 is 1.53 bits per heavy atom. The fraction of sp³-hybridized carbons (Fsp3) is 0.692. The molecular formula is C39H66O4. The number of ether oxygens (including phenoxy) is 1. The van der Waals surface area contributed by atoms with E-state index in [4.69, 9.17) is 9.84 Å². The van der Waals surface area contributed by atoms with Gasteiger partial charge in [-0.1, -0.05) is 145 Å². The molecule has 0 aliphatic rings. The number of hydrogen-bond acceptors (Lipinski definition) is 3. The SMILES string of the molecule is CC/C=C\C/C=C\C/C=C\C/C=C\C/C=C\CCCCCCCC(=O)OC(CCCCCCCCCCC)CCC(=O)O. The van der Waals surface area contributed by atoms with Crippen molar-refractivity contribution in [2.24, 2.45) is 0 Å². The summed E-state index contributed by atoms with van der Waals surface area (Å²) in [5.74, 6) is -0.984. The third kappa shape index (κ3) is 34.0. The van der Waals surface area contributed by atoms with Crippen LogP contribution >= 0.6 is 0 Å². The second kappa shape index (κ2) is 34.1. The summed E-state index contributed by atoms with van der Waals surface area (Å²) in [6, 6.07) is 0. The second-order valence-electron chi connectivity index (χ2n) is 11.7. The van der Waals surface area contributed by atoms with Crippen molar-refractivity contribution in [3.63, 3.8) is 0 Å². The van der Waals surface area contributed by atoms with E-state index < -0.39 is 5.97 Å². The highest BCUT2D eigenvalue weighted by molar-refractivity contribution is 5.69. The first-order chi connectivity index (χ1) is 21.1. The molecule has 1 N–H and O–H groups in total. The van der Waals surface area contributed by atoms with Crippen molar-refractivity contribution in [2.45, 2.75) is 174 Å². The fourth-order valence-corrected chi connectivity index (χ4v) is 4.90. The number of hydrogen-bond donors (Lipinski definition) is 1. The highest BCUT2D eigenvalue weighted by Crippen LogP contribution is 2.17. The van der Waals surface area contributed by atoms with Gasteiger partial charge in [0, 0.05) is 12.8 Å². The fourth-order valence-electron chi connectivity index (χ4n) is 4.90. The highest BCUT2D eigenvalue weighted by Gasteiger charge is 2.15. The van der Waals surface area contributed by atoms with Crippen LogP contribution in [0.25, 0.3) is 0 Å². The molecule has 246 valence electrons. The van der Waals surface area contributed by atoms with E-state index in [1.54, 1.807) is 0 Å². The van der Waals surface area contributed by atoms with Gasteiger partial charge in [-0.3, -0.25) is 9.59 Å². The zero-order valence-corrected chi connectivity index (χ0v) is 28.0. The molecule has 0 heterocycles. The van der Waals surface area contributed by atoms with E-state index in [9.17, 15) is 9.59 Å². The first-order valence-electron chi connectivity index (χ1n) is 17.8. The molecule has 0 amide bonds. The van der Waals surface area contributed by atoms with Gasteiger partial charge >= 0.3 is 11.9 Å². The van der Waals surface area contributed by atoms with E-state index in [0.29, 0.717) is 12.8 Å². The first-order valence-corrected chi connectivity index (χ1v) is 17.8. The lowest BCUT2D eigenvalue weighted by atomic mass is 10.0. The van der Waals surface area contributed by atoms with Crippen LogP contribution in [-0.4, -0.2) is 23.1 Å². The topological polar surface area (TPSA) is 63.6 Å². The summed E-state index contributed by atoms with van der Waals surface area (Å²) < 4.78 is 5.69. The van der Waals surface area contributed by atoms with Gasteiger partial charge in [0.1, 0.15) is 6.10 Å². The molecule has 0 bridgehead atoms. The second-order valence-corrected chi connectivity index (χ2v) is 11.7. The van der Waals surface area contributed by atoms with Crippen LogP contribution in [0.3, 0.4) is 0 Å². The summed E-state index contributed by atoms with van der Waals surface area (Å²) >= 11 is 0. The molecule has 1 atom stereocenters. The molecule has 0 aromatic rings. The molecule has 0 aromatic carbocycles. The number of carbonyl (C=O) groups excluding carboxylic acids is 1. The Morgan fingerprint density at radius 1 is 0.535 bits per heavy atom. The maximum atomic E-state index is 12.4. The third-order valence-corrected chi connectivity index (χ3v) is 7.52. The molecule has 0 rings (SSSR count). The lowest BCUT2D eigenvalue weighted by molar-refractivity contribution is -0.151. The van der Waals surface area contributed by atoms with Crippen LogP contribution in [0, 0.1) is 0 Å². The van der Waals surface area contributed by atoms with Gasteiger partial charge in [-0.05, 0) is 70.6 Å². The number of unbranched alkanes of at least 4 members (excludes halogenated alkanes) is 13. The van der Waals surface area contributed by atoms with Crippen molar-refractivity contribution in [1.29, 1.82) is 0 Å². The lowest BCUT2D eigenvalue weighted by Crippen LogP contribution is -2.19. The number of carboxylic acids is 1. The predicted octanol–water partition coefficient (Wildman–Crippen LogP) is 12.2. The van der Waals surface area contributed by atoms with Crippen molar-refractivity contribution < 1.29 is 19.4 Å². The zero-order chi connectivity index (χ0) is 31.5. The van der Waals surface area contributed by atoms with E-state index in [1.807, 2.05) is 0 Å². The zero-order valence-electron chi connectivity index (χ0n) is 28.0. The third-order valence-electron chi connectivity index (χ3n) is 7.52. The van der Waals surface area contributed by atoms with Gasteiger partial charge in [0.15, 0.2) is 0 Å². The van der Waals surface area contributed by atoms with E-state index in [0.717, 1.165) is 77.0 Å². The average Bonchev–Trinajstić information content (AvgIpc) is 2.99. The standard InChI is InChI=1S/C39H66O4/c1-3-5-7-9-11-13-14-15-16-17-18-19-20-21-22-23-24-26-28-30-32-34-39(42)43-37(35-36-38(40)41)33-31-29-27-25-12-10-8-6-4-2/h5,7,11,13,15-16,18-19,21-22,37H,3-4,6,8-10,12,14,17,20,23-36H2,1-2H3,(H,40,41)/b7-5-,13-11-,16-15-,19-18-,22-21-. The minimum atomic E-state index is -0.822. The van der Waals surface area contributed by atoms with Crippen LogP contribution in [0.1, 0.15) is 168 Å². The van der Waals surface area contributed by atoms with Crippen LogP contribution in [0.15, 0.2) is 60.8 Å². The molecular weight excluding hydrogens is 532 g/mol. The molecule has 0 saturated heterocycles. The van der Waals surface area contributed by atoms with E-state index in [2.05, 4.69) is 74.6 Å². The maximum absolute atomic E-state index is 12.4. The summed E-state index contributed by atoms with van der Waals surface area (Å²) in [6.45, 7) is 4.40. The molecule has 0 fully saturated rings. The quantitative estimate of drug-likeness (QED) is 0.0490. The number of allylic oxidation sites excluding steroid dienone is 10. The Bertz CT molecular complexity index is 774. The molecule has 0 aliphatic heterocycles. The summed E-state index contributed by atoms with van der Waals surface area (Å²) in [6.07, 6.45) is 46.6. The number of carbonyl (C=O) groups is 2. The predicted molar refractivity (Wildman–Crippen MR) is 185 cm³/mol. The van der Waals surface area contributed by atoms with Crippen LogP contribution < -0.4 is 0 Å². The summed E-state index contributed by atoms with van der Waals surface area (Å²) in [5.41, 5.74) is 0. The number of rotatable bonds is 31. The van der Waals surface area contributed by atoms with E-state index in [-0.39, 0.29) is 18.5 Å². The van der Waals surface area contributed by atoms with Crippen molar-refractivity contribution in [3.8, 4) is 0 Å². The molecule has 1 unspecified atom stereocenters. The van der Waals surface area contributed by atoms with Crippen LogP contribution in [0.4, 0.5) is 0 Å². The summed E-state index contributed by atoms with van der Waals surface area (Å²) in [5, 5.41) is 9.06.